The molecular formula is C10H20O2. The zero-order valence-electron chi connectivity index (χ0n) is 7.87. The third-order valence-corrected chi connectivity index (χ3v) is 2.11. The van der Waals surface area contributed by atoms with E-state index in [1.165, 1.54) is 0 Å². The van der Waals surface area contributed by atoms with E-state index in [0.29, 0.717) is 0 Å². The van der Waals surface area contributed by atoms with Crippen LogP contribution in [0.25, 0.3) is 0 Å². The van der Waals surface area contributed by atoms with Crippen LogP contribution in [0.4, 0.5) is 0 Å². The molecule has 2 atom stereocenters. The van der Waals surface area contributed by atoms with Gasteiger partial charge in [0.25, 0.3) is 0 Å². The molecule has 0 rings (SSSR count). The summed E-state index contributed by atoms with van der Waals surface area (Å²) in [5.74, 6) is -0.151. The van der Waals surface area contributed by atoms with Crippen LogP contribution in [-0.2, 0) is 0 Å². The van der Waals surface area contributed by atoms with Crippen molar-refractivity contribution in [1.29, 1.82) is 0 Å². The summed E-state index contributed by atoms with van der Waals surface area (Å²) >= 11 is 0. The molecule has 2 nitrogen and oxygen atoms in total. The summed E-state index contributed by atoms with van der Waals surface area (Å²) in [5.41, 5.74) is 0. The van der Waals surface area contributed by atoms with Gasteiger partial charge in [0.05, 0.1) is 12.7 Å². The van der Waals surface area contributed by atoms with Crippen molar-refractivity contribution in [1.82, 2.24) is 0 Å². The van der Waals surface area contributed by atoms with Gasteiger partial charge in [-0.1, -0.05) is 32.3 Å². The van der Waals surface area contributed by atoms with Crippen molar-refractivity contribution >= 4 is 0 Å². The normalized spacial score (nSPS) is 15.6. The quantitative estimate of drug-likeness (QED) is 0.453. The lowest BCUT2D eigenvalue weighted by Crippen LogP contribution is -2.21. The first-order valence-electron chi connectivity index (χ1n) is 4.67. The maximum atomic E-state index is 9.50. The van der Waals surface area contributed by atoms with Gasteiger partial charge in [0.15, 0.2) is 0 Å². The van der Waals surface area contributed by atoms with E-state index < -0.39 is 6.10 Å². The van der Waals surface area contributed by atoms with Gasteiger partial charge in [0.1, 0.15) is 0 Å². The maximum Gasteiger partial charge on any atom is 0.0624 e. The van der Waals surface area contributed by atoms with Crippen LogP contribution in [0.2, 0.25) is 0 Å². The Kier molecular flexibility index (Phi) is 7.11. The summed E-state index contributed by atoms with van der Waals surface area (Å²) in [5, 5.41) is 18.3. The standard InChI is InChI=1S/C10H20O2/c1-3-5-6-7-10(12)9(4-2)8-11/h4,9-12H,2-3,5-8H2,1H3/t9-,10-/m1/s1. The van der Waals surface area contributed by atoms with E-state index in [-0.39, 0.29) is 12.5 Å². The van der Waals surface area contributed by atoms with Gasteiger partial charge in [0.2, 0.25) is 0 Å². The molecule has 0 radical (unpaired) electrons. The Morgan fingerprint density at radius 3 is 2.50 bits per heavy atom. The van der Waals surface area contributed by atoms with E-state index in [1.807, 2.05) is 0 Å². The summed E-state index contributed by atoms with van der Waals surface area (Å²) in [7, 11) is 0. The van der Waals surface area contributed by atoms with Gasteiger partial charge in [-0.2, -0.15) is 0 Å². The highest BCUT2D eigenvalue weighted by Crippen LogP contribution is 2.12. The smallest absolute Gasteiger partial charge is 0.0624 e. The molecule has 0 fully saturated rings. The average molecular weight is 172 g/mol. The fourth-order valence-corrected chi connectivity index (χ4v) is 1.17. The molecule has 0 aliphatic rings. The predicted octanol–water partition coefficient (Wildman–Crippen LogP) is 1.72. The Hall–Kier alpha value is -0.340. The molecule has 12 heavy (non-hydrogen) atoms. The van der Waals surface area contributed by atoms with Crippen LogP contribution in [0.1, 0.15) is 32.6 Å². The first kappa shape index (κ1) is 11.7. The first-order valence-corrected chi connectivity index (χ1v) is 4.67. The van der Waals surface area contributed by atoms with E-state index in [0.717, 1.165) is 25.7 Å². The van der Waals surface area contributed by atoms with E-state index >= 15 is 0 Å². The van der Waals surface area contributed by atoms with Crippen molar-refractivity contribution in [3.8, 4) is 0 Å². The van der Waals surface area contributed by atoms with Gasteiger partial charge in [-0.25, -0.2) is 0 Å². The maximum absolute atomic E-state index is 9.50. The summed E-state index contributed by atoms with van der Waals surface area (Å²) < 4.78 is 0. The first-order chi connectivity index (χ1) is 5.76. The van der Waals surface area contributed by atoms with Crippen LogP contribution >= 0.6 is 0 Å². The number of aliphatic hydroxyl groups is 2. The number of hydrogen-bond acceptors (Lipinski definition) is 2. The largest absolute Gasteiger partial charge is 0.396 e. The van der Waals surface area contributed by atoms with Gasteiger partial charge in [-0.05, 0) is 6.42 Å². The van der Waals surface area contributed by atoms with Crippen molar-refractivity contribution in [2.24, 2.45) is 5.92 Å². The van der Waals surface area contributed by atoms with Crippen LogP contribution < -0.4 is 0 Å². The number of unbranched alkanes of at least 4 members (excludes halogenated alkanes) is 2. The molecule has 0 aliphatic carbocycles. The summed E-state index contributed by atoms with van der Waals surface area (Å²) in [4.78, 5) is 0. The third-order valence-electron chi connectivity index (χ3n) is 2.11. The average Bonchev–Trinajstić information content (AvgIpc) is 2.07. The highest BCUT2D eigenvalue weighted by molar-refractivity contribution is 4.83. The summed E-state index contributed by atoms with van der Waals surface area (Å²) in [6.07, 6.45) is 5.31. The zero-order chi connectivity index (χ0) is 9.40. The molecule has 2 N–H and O–H groups in total. The van der Waals surface area contributed by atoms with E-state index in [4.69, 9.17) is 5.11 Å². The molecule has 0 bridgehead atoms. The van der Waals surface area contributed by atoms with Crippen LogP contribution in [-0.4, -0.2) is 22.9 Å². The molecule has 0 spiro atoms. The fourth-order valence-electron chi connectivity index (χ4n) is 1.17. The minimum atomic E-state index is -0.418. The molecule has 0 aliphatic heterocycles. The summed E-state index contributed by atoms with van der Waals surface area (Å²) in [6, 6.07) is 0. The Morgan fingerprint density at radius 2 is 2.08 bits per heavy atom. The highest BCUT2D eigenvalue weighted by atomic mass is 16.3. The van der Waals surface area contributed by atoms with E-state index in [2.05, 4.69) is 13.5 Å². The number of rotatable bonds is 7. The lowest BCUT2D eigenvalue weighted by molar-refractivity contribution is 0.0828. The lowest BCUT2D eigenvalue weighted by Gasteiger charge is -2.16. The second kappa shape index (κ2) is 7.32. The van der Waals surface area contributed by atoms with Gasteiger partial charge in [0, 0.05) is 5.92 Å². The minimum Gasteiger partial charge on any atom is -0.396 e. The molecule has 0 aromatic heterocycles. The molecule has 0 heterocycles. The Balaban J connectivity index is 3.53. The Bertz CT molecular complexity index is 112. The molecule has 0 unspecified atom stereocenters. The number of hydrogen-bond donors (Lipinski definition) is 2. The van der Waals surface area contributed by atoms with Crippen molar-refractivity contribution in [2.75, 3.05) is 6.61 Å². The molecule has 0 amide bonds. The Morgan fingerprint density at radius 1 is 1.42 bits per heavy atom. The summed E-state index contributed by atoms with van der Waals surface area (Å²) in [6.45, 7) is 5.69. The van der Waals surface area contributed by atoms with Crippen LogP contribution in [0.5, 0.6) is 0 Å². The van der Waals surface area contributed by atoms with Gasteiger partial charge >= 0.3 is 0 Å². The molecule has 2 heteroatoms. The fraction of sp³-hybridized carbons (Fsp3) is 0.800. The van der Waals surface area contributed by atoms with Crippen molar-refractivity contribution in [2.45, 2.75) is 38.7 Å². The predicted molar refractivity (Wildman–Crippen MR) is 50.9 cm³/mol. The van der Waals surface area contributed by atoms with Gasteiger partial charge in [-0.3, -0.25) is 0 Å². The minimum absolute atomic E-state index is 0.00318. The zero-order valence-corrected chi connectivity index (χ0v) is 7.87. The van der Waals surface area contributed by atoms with Crippen molar-refractivity contribution in [3.63, 3.8) is 0 Å². The monoisotopic (exact) mass is 172 g/mol. The lowest BCUT2D eigenvalue weighted by atomic mass is 9.98. The van der Waals surface area contributed by atoms with Crippen molar-refractivity contribution < 1.29 is 10.2 Å². The van der Waals surface area contributed by atoms with Crippen molar-refractivity contribution in [3.05, 3.63) is 12.7 Å². The van der Waals surface area contributed by atoms with Crippen LogP contribution in [0.3, 0.4) is 0 Å². The second-order valence-corrected chi connectivity index (χ2v) is 3.15. The van der Waals surface area contributed by atoms with Crippen LogP contribution in [0, 0.1) is 5.92 Å². The second-order valence-electron chi connectivity index (χ2n) is 3.15. The van der Waals surface area contributed by atoms with Gasteiger partial charge < -0.3 is 10.2 Å². The molecule has 0 saturated carbocycles. The number of aliphatic hydroxyl groups excluding tert-OH is 2. The highest BCUT2D eigenvalue weighted by Gasteiger charge is 2.13. The molecule has 0 aromatic carbocycles. The molecule has 0 aromatic rings. The third kappa shape index (κ3) is 4.52. The van der Waals surface area contributed by atoms with Crippen LogP contribution in [0.15, 0.2) is 12.7 Å². The molecule has 72 valence electrons. The molecular weight excluding hydrogens is 152 g/mol. The van der Waals surface area contributed by atoms with E-state index in [9.17, 15) is 5.11 Å². The van der Waals surface area contributed by atoms with Gasteiger partial charge in [-0.15, -0.1) is 6.58 Å². The van der Waals surface area contributed by atoms with E-state index in [1.54, 1.807) is 6.08 Å². The SMILES string of the molecule is C=C[C@H](CO)[C@H](O)CCCCC. The topological polar surface area (TPSA) is 40.5 Å². The Labute approximate surface area is 74.9 Å². The molecule has 0 saturated heterocycles.